The van der Waals surface area contributed by atoms with E-state index in [1.165, 1.54) is 0 Å². The molecule has 1 saturated heterocycles. The molecular formula is C22H34IN3O3Si. The van der Waals surface area contributed by atoms with Crippen molar-refractivity contribution in [2.75, 3.05) is 13.2 Å². The van der Waals surface area contributed by atoms with Crippen LogP contribution in [0.15, 0.2) is 18.2 Å². The summed E-state index contributed by atoms with van der Waals surface area (Å²) < 4.78 is 15.0. The molecule has 1 aliphatic heterocycles. The van der Waals surface area contributed by atoms with Gasteiger partial charge < -0.3 is 14.0 Å². The molecule has 6 nitrogen and oxygen atoms in total. The van der Waals surface area contributed by atoms with Gasteiger partial charge in [0.1, 0.15) is 18.2 Å². The summed E-state index contributed by atoms with van der Waals surface area (Å²) in [6.45, 7) is 14.7. The summed E-state index contributed by atoms with van der Waals surface area (Å²) in [6.07, 6.45) is 1.56. The average Bonchev–Trinajstić information content (AvgIpc) is 3.20. The van der Waals surface area contributed by atoms with Crippen LogP contribution in [0.4, 0.5) is 4.79 Å². The Morgan fingerprint density at radius 1 is 1.30 bits per heavy atom. The Hall–Kier alpha value is -1.13. The Kier molecular flexibility index (Phi) is 7.18. The smallest absolute Gasteiger partial charge is 0.410 e. The first-order valence-corrected chi connectivity index (χ1v) is 15.5. The number of benzene rings is 1. The summed E-state index contributed by atoms with van der Waals surface area (Å²) >= 11 is 2.31. The first-order valence-electron chi connectivity index (χ1n) is 10.7. The molecule has 8 heteroatoms. The van der Waals surface area contributed by atoms with Crippen LogP contribution in [0.1, 0.15) is 45.5 Å². The second-order valence-electron chi connectivity index (χ2n) is 10.2. The molecule has 166 valence electrons. The van der Waals surface area contributed by atoms with Crippen molar-refractivity contribution >= 4 is 47.8 Å². The number of likely N-dealkylation sites (tertiary alicyclic amines) is 1. The van der Waals surface area contributed by atoms with E-state index in [9.17, 15) is 4.79 Å². The molecule has 0 unspecified atom stereocenters. The molecule has 1 atom stereocenters. The van der Waals surface area contributed by atoms with Crippen LogP contribution >= 0.6 is 22.6 Å². The predicted molar refractivity (Wildman–Crippen MR) is 131 cm³/mol. The zero-order valence-electron chi connectivity index (χ0n) is 19.0. The van der Waals surface area contributed by atoms with Crippen molar-refractivity contribution in [1.29, 1.82) is 0 Å². The number of hydrogen-bond donors (Lipinski definition) is 0. The first kappa shape index (κ1) is 23.5. The predicted octanol–water partition coefficient (Wildman–Crippen LogP) is 6.03. The molecule has 1 aliphatic rings. The second-order valence-corrected chi connectivity index (χ2v) is 17.1. The highest BCUT2D eigenvalue weighted by Crippen LogP contribution is 2.35. The molecule has 0 radical (unpaired) electrons. The highest BCUT2D eigenvalue weighted by atomic mass is 127. The lowest BCUT2D eigenvalue weighted by Crippen LogP contribution is -2.37. The molecule has 2 heterocycles. The highest BCUT2D eigenvalue weighted by molar-refractivity contribution is 14.1. The third kappa shape index (κ3) is 5.97. The van der Waals surface area contributed by atoms with Crippen molar-refractivity contribution in [3.63, 3.8) is 0 Å². The monoisotopic (exact) mass is 543 g/mol. The maximum Gasteiger partial charge on any atom is 0.410 e. The Bertz CT molecular complexity index is 901. The number of aromatic nitrogens is 2. The normalized spacial score (nSPS) is 17.7. The van der Waals surface area contributed by atoms with Crippen molar-refractivity contribution in [2.24, 2.45) is 0 Å². The van der Waals surface area contributed by atoms with E-state index in [4.69, 9.17) is 14.5 Å². The largest absolute Gasteiger partial charge is 0.444 e. The fraction of sp³-hybridized carbons (Fsp3) is 0.636. The van der Waals surface area contributed by atoms with Crippen LogP contribution in [0.25, 0.3) is 11.0 Å². The minimum Gasteiger partial charge on any atom is -0.444 e. The number of nitrogens with zero attached hydrogens (tertiary/aromatic N) is 3. The van der Waals surface area contributed by atoms with Gasteiger partial charge >= 0.3 is 6.09 Å². The van der Waals surface area contributed by atoms with E-state index in [2.05, 4.69) is 65.0 Å². The summed E-state index contributed by atoms with van der Waals surface area (Å²) in [6, 6.07) is 7.31. The molecule has 30 heavy (non-hydrogen) atoms. The van der Waals surface area contributed by atoms with Gasteiger partial charge in [0.2, 0.25) is 0 Å². The number of hydrogen-bond acceptors (Lipinski definition) is 4. The maximum absolute atomic E-state index is 12.8. The van der Waals surface area contributed by atoms with E-state index in [-0.39, 0.29) is 12.1 Å². The van der Waals surface area contributed by atoms with Crippen LogP contribution in [-0.2, 0) is 16.2 Å². The number of amides is 1. The molecule has 0 N–H and O–H groups in total. The van der Waals surface area contributed by atoms with E-state index in [1.807, 2.05) is 25.7 Å². The quantitative estimate of drug-likeness (QED) is 0.254. The van der Waals surface area contributed by atoms with Gasteiger partial charge in [0, 0.05) is 24.8 Å². The molecular weight excluding hydrogens is 509 g/mol. The van der Waals surface area contributed by atoms with Crippen LogP contribution in [0, 0.1) is 3.57 Å². The highest BCUT2D eigenvalue weighted by Gasteiger charge is 2.36. The van der Waals surface area contributed by atoms with Gasteiger partial charge in [-0.05, 0) is 80.4 Å². The summed E-state index contributed by atoms with van der Waals surface area (Å²) in [4.78, 5) is 19.6. The third-order valence-corrected chi connectivity index (χ3v) is 7.51. The zero-order valence-corrected chi connectivity index (χ0v) is 22.2. The number of carbonyl (C=O) groups is 1. The van der Waals surface area contributed by atoms with Gasteiger partial charge in [-0.2, -0.15) is 0 Å². The zero-order chi connectivity index (χ0) is 22.1. The lowest BCUT2D eigenvalue weighted by Gasteiger charge is -2.28. The summed E-state index contributed by atoms with van der Waals surface area (Å²) in [5.41, 5.74) is 1.48. The molecule has 2 aromatic rings. The number of imidazole rings is 1. The van der Waals surface area contributed by atoms with Gasteiger partial charge in [0.05, 0.1) is 17.1 Å². The summed E-state index contributed by atoms with van der Waals surface area (Å²) in [5.74, 6) is 0.892. The lowest BCUT2D eigenvalue weighted by atomic mass is 10.2. The van der Waals surface area contributed by atoms with E-state index < -0.39 is 13.7 Å². The topological polar surface area (TPSA) is 56.6 Å². The van der Waals surface area contributed by atoms with E-state index in [0.29, 0.717) is 13.3 Å². The molecule has 0 bridgehead atoms. The molecule has 0 aliphatic carbocycles. The standard InChI is InChI=1S/C22H34IN3O3Si/c1-22(2,3)29-21(27)25-11-7-8-19(25)20-24-17-14-16(23)9-10-18(17)26(20)15-28-12-13-30(4,5)6/h9-10,14,19H,7-8,11-13,15H2,1-6H3/t19-/m0/s1. The average molecular weight is 544 g/mol. The van der Waals surface area contributed by atoms with Gasteiger partial charge in [-0.25, -0.2) is 9.78 Å². The number of rotatable bonds is 6. The number of halogens is 1. The minimum absolute atomic E-state index is 0.0921. The number of carbonyl (C=O) groups excluding carboxylic acids is 1. The first-order chi connectivity index (χ1) is 13.9. The Labute approximate surface area is 194 Å². The van der Waals surface area contributed by atoms with Crippen molar-refractivity contribution < 1.29 is 14.3 Å². The van der Waals surface area contributed by atoms with Gasteiger partial charge in [-0.15, -0.1) is 0 Å². The Morgan fingerprint density at radius 2 is 2.03 bits per heavy atom. The van der Waals surface area contributed by atoms with Crippen LogP contribution in [-0.4, -0.2) is 47.4 Å². The van der Waals surface area contributed by atoms with Crippen molar-refractivity contribution in [3.8, 4) is 0 Å². The van der Waals surface area contributed by atoms with Crippen LogP contribution in [0.3, 0.4) is 0 Å². The van der Waals surface area contributed by atoms with Gasteiger partial charge in [-0.1, -0.05) is 19.6 Å². The van der Waals surface area contributed by atoms with Crippen molar-refractivity contribution in [2.45, 2.75) is 77.7 Å². The Morgan fingerprint density at radius 3 is 2.70 bits per heavy atom. The molecule has 1 amide bonds. The Balaban J connectivity index is 1.88. The molecule has 0 spiro atoms. The van der Waals surface area contributed by atoms with Gasteiger partial charge in [-0.3, -0.25) is 4.90 Å². The molecule has 0 saturated carbocycles. The maximum atomic E-state index is 12.8. The fourth-order valence-corrected chi connectivity index (χ4v) is 4.85. The van der Waals surface area contributed by atoms with E-state index in [1.54, 1.807) is 0 Å². The summed E-state index contributed by atoms with van der Waals surface area (Å²) in [5, 5.41) is 0. The molecule has 1 fully saturated rings. The number of fused-ring (bicyclic) bond motifs is 1. The fourth-order valence-electron chi connectivity index (χ4n) is 3.62. The lowest BCUT2D eigenvalue weighted by molar-refractivity contribution is 0.0205. The van der Waals surface area contributed by atoms with Crippen LogP contribution in [0.2, 0.25) is 25.7 Å². The number of ether oxygens (including phenoxy) is 2. The van der Waals surface area contributed by atoms with Crippen molar-refractivity contribution in [1.82, 2.24) is 14.5 Å². The summed E-state index contributed by atoms with van der Waals surface area (Å²) in [7, 11) is -1.15. The van der Waals surface area contributed by atoms with Gasteiger partial charge in [0.25, 0.3) is 0 Å². The van der Waals surface area contributed by atoms with Crippen LogP contribution in [0.5, 0.6) is 0 Å². The SMILES string of the molecule is CC(C)(C)OC(=O)N1CCC[C@H]1c1nc2cc(I)ccc2n1COCC[Si](C)(C)C. The molecule has 1 aromatic carbocycles. The minimum atomic E-state index is -1.15. The van der Waals surface area contributed by atoms with Crippen LogP contribution < -0.4 is 0 Å². The van der Waals surface area contributed by atoms with Gasteiger partial charge in [0.15, 0.2) is 0 Å². The second kappa shape index (κ2) is 9.16. The van der Waals surface area contributed by atoms with E-state index >= 15 is 0 Å². The molecule has 3 rings (SSSR count). The molecule has 1 aromatic heterocycles. The third-order valence-electron chi connectivity index (χ3n) is 5.14. The van der Waals surface area contributed by atoms with E-state index in [0.717, 1.165) is 45.9 Å². The van der Waals surface area contributed by atoms with Crippen molar-refractivity contribution in [3.05, 3.63) is 27.6 Å².